The first-order valence-electron chi connectivity index (χ1n) is 27.2. The summed E-state index contributed by atoms with van der Waals surface area (Å²) in [6, 6.07) is -0.723. The second kappa shape index (κ2) is 51.3. The van der Waals surface area contributed by atoms with Gasteiger partial charge in [-0.05, 0) is 77.0 Å². The molecule has 3 unspecified atom stereocenters. The van der Waals surface area contributed by atoms with Crippen LogP contribution in [0, 0.1) is 0 Å². The number of esters is 1. The third-order valence-electron chi connectivity index (χ3n) is 12.1. The second-order valence-corrected chi connectivity index (χ2v) is 18.4. The summed E-state index contributed by atoms with van der Waals surface area (Å²) in [5.41, 5.74) is 0. The van der Waals surface area contributed by atoms with Crippen LogP contribution in [-0.2, 0) is 14.3 Å². The highest BCUT2D eigenvalue weighted by Gasteiger charge is 2.24. The summed E-state index contributed by atoms with van der Waals surface area (Å²) in [4.78, 5) is 26.2. The Balaban J connectivity index is 4.72. The van der Waals surface area contributed by atoms with Gasteiger partial charge in [-0.1, -0.05) is 241 Å². The number of aliphatic hydroxyl groups is 2. The fourth-order valence-corrected chi connectivity index (χ4v) is 7.96. The standard InChI is InChI=1S/C58H103NO5/c1-4-7-10-13-16-19-22-25-27-29-32-34-37-40-43-46-49-54(64-58(63)51-48-45-42-39-36-33-30-28-26-23-20-17-14-11-8-5-2)52-57(62)59-55(53-60)56(61)50-47-44-41-38-35-31-24-21-18-15-12-9-6-3/h16,19,22,25,27-30,32-34,36,54-56,60-61H,4-15,17-18,20-21,23-24,26,31,35,37-53H2,1-3H3,(H,59,62)/b19-16+,25-22+,29-27+,30-28+,34-32+,36-33+. The average molecular weight is 894 g/mol. The van der Waals surface area contributed by atoms with Crippen LogP contribution >= 0.6 is 0 Å². The predicted molar refractivity (Wildman–Crippen MR) is 278 cm³/mol. The molecule has 0 aromatic carbocycles. The Kier molecular flexibility index (Phi) is 49.1. The number of allylic oxidation sites excluding steroid dienone is 12. The zero-order valence-corrected chi connectivity index (χ0v) is 42.1. The average Bonchev–Trinajstić information content (AvgIpc) is 3.29. The van der Waals surface area contributed by atoms with E-state index in [1.54, 1.807) is 0 Å². The number of hydrogen-bond acceptors (Lipinski definition) is 5. The number of carbonyl (C=O) groups excluding carboxylic acids is 2. The van der Waals surface area contributed by atoms with Crippen molar-refractivity contribution in [3.05, 3.63) is 72.9 Å². The Bertz CT molecular complexity index is 1190. The van der Waals surface area contributed by atoms with E-state index in [1.165, 1.54) is 128 Å². The number of amides is 1. The van der Waals surface area contributed by atoms with Gasteiger partial charge in [0.25, 0.3) is 0 Å². The number of nitrogens with one attached hydrogen (secondary N) is 1. The normalized spacial score (nSPS) is 13.8. The van der Waals surface area contributed by atoms with Crippen molar-refractivity contribution in [3.63, 3.8) is 0 Å². The van der Waals surface area contributed by atoms with E-state index in [0.29, 0.717) is 19.3 Å². The molecule has 0 saturated heterocycles. The smallest absolute Gasteiger partial charge is 0.306 e. The van der Waals surface area contributed by atoms with Crippen molar-refractivity contribution in [2.75, 3.05) is 6.61 Å². The number of unbranched alkanes of at least 4 members (excludes halogenated alkanes) is 28. The van der Waals surface area contributed by atoms with Gasteiger partial charge in [0.1, 0.15) is 6.10 Å². The quantitative estimate of drug-likeness (QED) is 0.0321. The lowest BCUT2D eigenvalue weighted by atomic mass is 10.0. The summed E-state index contributed by atoms with van der Waals surface area (Å²) in [7, 11) is 0. The molecule has 0 aliphatic heterocycles. The minimum atomic E-state index is -0.806. The molecule has 370 valence electrons. The van der Waals surface area contributed by atoms with Crippen LogP contribution in [0.25, 0.3) is 0 Å². The summed E-state index contributed by atoms with van der Waals surface area (Å²) < 4.78 is 5.92. The van der Waals surface area contributed by atoms with Crippen LogP contribution in [0.5, 0.6) is 0 Å². The molecule has 0 aliphatic rings. The van der Waals surface area contributed by atoms with E-state index < -0.39 is 18.2 Å². The van der Waals surface area contributed by atoms with Crippen molar-refractivity contribution in [2.45, 2.75) is 277 Å². The maximum absolute atomic E-state index is 13.2. The molecule has 3 atom stereocenters. The molecule has 0 aromatic rings. The zero-order chi connectivity index (χ0) is 46.7. The Labute approximate surface area is 396 Å². The molecule has 0 heterocycles. The molecule has 0 rings (SSSR count). The molecule has 6 heteroatoms. The summed E-state index contributed by atoms with van der Waals surface area (Å²) in [6.45, 7) is 6.43. The minimum Gasteiger partial charge on any atom is -0.462 e. The number of rotatable bonds is 48. The van der Waals surface area contributed by atoms with Crippen molar-refractivity contribution in [2.24, 2.45) is 0 Å². The fourth-order valence-electron chi connectivity index (χ4n) is 7.96. The maximum atomic E-state index is 13.2. The Morgan fingerprint density at radius 1 is 0.453 bits per heavy atom. The van der Waals surface area contributed by atoms with Gasteiger partial charge in [0.15, 0.2) is 0 Å². The van der Waals surface area contributed by atoms with E-state index in [0.717, 1.165) is 83.5 Å². The van der Waals surface area contributed by atoms with E-state index in [-0.39, 0.29) is 24.9 Å². The van der Waals surface area contributed by atoms with Gasteiger partial charge in [-0.15, -0.1) is 0 Å². The van der Waals surface area contributed by atoms with Crippen LogP contribution in [0.2, 0.25) is 0 Å². The number of ether oxygens (including phenoxy) is 1. The first-order valence-corrected chi connectivity index (χ1v) is 27.2. The lowest BCUT2D eigenvalue weighted by Crippen LogP contribution is -2.46. The van der Waals surface area contributed by atoms with Gasteiger partial charge < -0.3 is 20.3 Å². The molecule has 0 aliphatic carbocycles. The molecule has 0 bridgehead atoms. The highest BCUT2D eigenvalue weighted by atomic mass is 16.5. The van der Waals surface area contributed by atoms with Crippen molar-refractivity contribution in [3.8, 4) is 0 Å². The van der Waals surface area contributed by atoms with Crippen LogP contribution in [0.4, 0.5) is 0 Å². The van der Waals surface area contributed by atoms with Crippen molar-refractivity contribution >= 4 is 11.9 Å². The Hall–Kier alpha value is -2.70. The maximum Gasteiger partial charge on any atom is 0.306 e. The summed E-state index contributed by atoms with van der Waals surface area (Å²) in [5, 5.41) is 23.8. The third kappa shape index (κ3) is 45.9. The van der Waals surface area contributed by atoms with Gasteiger partial charge in [0.05, 0.1) is 25.2 Å². The number of hydrogen-bond donors (Lipinski definition) is 3. The molecule has 3 N–H and O–H groups in total. The van der Waals surface area contributed by atoms with Gasteiger partial charge >= 0.3 is 5.97 Å². The molecule has 6 nitrogen and oxygen atoms in total. The molecule has 0 aromatic heterocycles. The van der Waals surface area contributed by atoms with Crippen LogP contribution in [0.1, 0.15) is 258 Å². The molecule has 0 fully saturated rings. The van der Waals surface area contributed by atoms with E-state index in [1.807, 2.05) is 6.08 Å². The number of carbonyl (C=O) groups is 2. The topological polar surface area (TPSA) is 95.9 Å². The van der Waals surface area contributed by atoms with Gasteiger partial charge in [0.2, 0.25) is 5.91 Å². The Morgan fingerprint density at radius 2 is 0.797 bits per heavy atom. The third-order valence-corrected chi connectivity index (χ3v) is 12.1. The first kappa shape index (κ1) is 61.3. The molecule has 0 spiro atoms. The van der Waals surface area contributed by atoms with Crippen molar-refractivity contribution < 1.29 is 24.5 Å². The van der Waals surface area contributed by atoms with Crippen LogP contribution in [0.15, 0.2) is 72.9 Å². The van der Waals surface area contributed by atoms with Gasteiger partial charge in [-0.25, -0.2) is 0 Å². The summed E-state index contributed by atoms with van der Waals surface area (Å²) in [6.07, 6.45) is 65.3. The lowest BCUT2D eigenvalue weighted by Gasteiger charge is -2.24. The van der Waals surface area contributed by atoms with Gasteiger partial charge in [-0.3, -0.25) is 9.59 Å². The number of aliphatic hydroxyl groups excluding tert-OH is 2. The Morgan fingerprint density at radius 3 is 1.27 bits per heavy atom. The molecule has 1 amide bonds. The van der Waals surface area contributed by atoms with Crippen LogP contribution in [0.3, 0.4) is 0 Å². The summed E-state index contributed by atoms with van der Waals surface area (Å²) >= 11 is 0. The van der Waals surface area contributed by atoms with Crippen molar-refractivity contribution in [1.29, 1.82) is 0 Å². The molecule has 0 saturated carbocycles. The zero-order valence-electron chi connectivity index (χ0n) is 42.1. The SMILES string of the molecule is CCCCC/C=C/C=C/C=C/C=C/CCCCCC(CC(=O)NC(CO)C(O)CCCCCCCCCCCCCCC)OC(=O)CCCCC/C=C/C=C/CCCCCCCCC. The second-order valence-electron chi connectivity index (χ2n) is 18.4. The highest BCUT2D eigenvalue weighted by molar-refractivity contribution is 5.77. The monoisotopic (exact) mass is 894 g/mol. The van der Waals surface area contributed by atoms with Gasteiger partial charge in [0, 0.05) is 6.42 Å². The molecular formula is C58H103NO5. The van der Waals surface area contributed by atoms with E-state index in [9.17, 15) is 19.8 Å². The molecular weight excluding hydrogens is 791 g/mol. The van der Waals surface area contributed by atoms with E-state index in [4.69, 9.17) is 4.74 Å². The molecule has 64 heavy (non-hydrogen) atoms. The largest absolute Gasteiger partial charge is 0.462 e. The minimum absolute atomic E-state index is 0.0388. The summed E-state index contributed by atoms with van der Waals surface area (Å²) in [5.74, 6) is -0.543. The van der Waals surface area contributed by atoms with Gasteiger partial charge in [-0.2, -0.15) is 0 Å². The van der Waals surface area contributed by atoms with Crippen molar-refractivity contribution in [1.82, 2.24) is 5.32 Å². The lowest BCUT2D eigenvalue weighted by molar-refractivity contribution is -0.151. The fraction of sp³-hybridized carbons (Fsp3) is 0.759. The van der Waals surface area contributed by atoms with E-state index >= 15 is 0 Å². The van der Waals surface area contributed by atoms with Crippen LogP contribution in [-0.4, -0.2) is 46.9 Å². The molecule has 0 radical (unpaired) electrons. The highest BCUT2D eigenvalue weighted by Crippen LogP contribution is 2.17. The first-order chi connectivity index (χ1) is 31.5. The predicted octanol–water partition coefficient (Wildman–Crippen LogP) is 16.6. The van der Waals surface area contributed by atoms with E-state index in [2.05, 4.69) is 92.9 Å². The van der Waals surface area contributed by atoms with Crippen LogP contribution < -0.4 is 5.32 Å².